The highest BCUT2D eigenvalue weighted by molar-refractivity contribution is 6.01. The second-order valence-corrected chi connectivity index (χ2v) is 10.1. The highest BCUT2D eigenvalue weighted by Gasteiger charge is 2.34. The molecule has 2 aromatic rings. The van der Waals surface area contributed by atoms with Crippen molar-refractivity contribution < 1.29 is 23.6 Å². The zero-order chi connectivity index (χ0) is 27.2. The normalized spacial score (nSPS) is 21.0. The molecule has 1 aliphatic carbocycles. The Hall–Kier alpha value is -3.60. The Kier molecular flexibility index (Phi) is 8.88. The van der Waals surface area contributed by atoms with Crippen LogP contribution in [0.4, 0.5) is 4.39 Å². The third kappa shape index (κ3) is 7.03. The topological polar surface area (TPSA) is 118 Å². The number of likely N-dealkylation sites (N-methyl/N-ethyl adjacent to an activating group) is 1. The molecule has 0 bridgehead atoms. The molecular formula is C27H35FN6O4. The summed E-state index contributed by atoms with van der Waals surface area (Å²) in [6.45, 7) is 2.31. The van der Waals surface area contributed by atoms with Crippen molar-refractivity contribution in [1.29, 1.82) is 0 Å². The highest BCUT2D eigenvalue weighted by atomic mass is 19.1. The Balaban J connectivity index is 1.31. The fraction of sp³-hybridized carbons (Fsp3) is 0.519. The van der Waals surface area contributed by atoms with Gasteiger partial charge in [-0.2, -0.15) is 0 Å². The zero-order valence-electron chi connectivity index (χ0n) is 22.3. The zero-order valence-corrected chi connectivity index (χ0v) is 22.3. The second kappa shape index (κ2) is 12.3. The number of hydrogen-bond acceptors (Lipinski definition) is 8. The van der Waals surface area contributed by atoms with Gasteiger partial charge in [0.1, 0.15) is 23.3 Å². The number of ether oxygens (including phenoxy) is 1. The Morgan fingerprint density at radius 3 is 2.63 bits per heavy atom. The van der Waals surface area contributed by atoms with Crippen LogP contribution in [0.25, 0.3) is 0 Å². The summed E-state index contributed by atoms with van der Waals surface area (Å²) in [5.74, 6) is 0.140. The first-order valence-corrected chi connectivity index (χ1v) is 12.8. The first-order valence-electron chi connectivity index (χ1n) is 12.8. The van der Waals surface area contributed by atoms with Crippen LogP contribution in [0.1, 0.15) is 59.7 Å². The van der Waals surface area contributed by atoms with Gasteiger partial charge in [-0.05, 0) is 76.4 Å². The number of nitrogens with zero attached hydrogens (tertiary/aromatic N) is 4. The number of methoxy groups -OCH3 is 1. The predicted molar refractivity (Wildman–Crippen MR) is 139 cm³/mol. The van der Waals surface area contributed by atoms with E-state index >= 15 is 0 Å². The molecule has 1 aliphatic heterocycles. The van der Waals surface area contributed by atoms with Gasteiger partial charge in [-0.25, -0.2) is 14.4 Å². The van der Waals surface area contributed by atoms with Crippen molar-refractivity contribution in [3.8, 4) is 5.75 Å². The van der Waals surface area contributed by atoms with Crippen LogP contribution >= 0.6 is 0 Å². The van der Waals surface area contributed by atoms with E-state index in [2.05, 4.69) is 25.8 Å². The quantitative estimate of drug-likeness (QED) is 0.516. The molecule has 1 aromatic heterocycles. The number of halogens is 1. The fourth-order valence-electron chi connectivity index (χ4n) is 4.92. The van der Waals surface area contributed by atoms with Crippen LogP contribution < -0.4 is 15.4 Å². The monoisotopic (exact) mass is 526 g/mol. The Labute approximate surface area is 222 Å². The molecule has 0 saturated heterocycles. The summed E-state index contributed by atoms with van der Waals surface area (Å²) in [6, 6.07) is 6.25. The maximum absolute atomic E-state index is 13.6. The van der Waals surface area contributed by atoms with Crippen LogP contribution in [0.5, 0.6) is 5.75 Å². The van der Waals surface area contributed by atoms with Crippen molar-refractivity contribution in [2.75, 3.05) is 27.7 Å². The van der Waals surface area contributed by atoms with Crippen molar-refractivity contribution in [1.82, 2.24) is 25.5 Å². The van der Waals surface area contributed by atoms with Crippen molar-refractivity contribution >= 4 is 17.5 Å². The molecular weight excluding hydrogens is 491 g/mol. The van der Waals surface area contributed by atoms with Crippen LogP contribution in [0.15, 0.2) is 29.4 Å². The second-order valence-electron chi connectivity index (χ2n) is 10.1. The molecule has 2 N–H and O–H groups in total. The van der Waals surface area contributed by atoms with Gasteiger partial charge in [-0.1, -0.05) is 11.2 Å². The lowest BCUT2D eigenvalue weighted by molar-refractivity contribution is -0.122. The molecule has 11 heteroatoms. The summed E-state index contributed by atoms with van der Waals surface area (Å²) in [4.78, 5) is 41.3. The molecule has 1 fully saturated rings. The average Bonchev–Trinajstić information content (AvgIpc) is 3.38. The largest absolute Gasteiger partial charge is 0.494 e. The molecule has 2 aliphatic rings. The van der Waals surface area contributed by atoms with Gasteiger partial charge in [-0.3, -0.25) is 9.59 Å². The number of amides is 2. The van der Waals surface area contributed by atoms with Gasteiger partial charge in [0.2, 0.25) is 5.91 Å². The van der Waals surface area contributed by atoms with Gasteiger partial charge in [0.25, 0.3) is 5.91 Å². The van der Waals surface area contributed by atoms with Crippen LogP contribution in [0.3, 0.4) is 0 Å². The summed E-state index contributed by atoms with van der Waals surface area (Å²) in [5.41, 5.74) is 2.19. The van der Waals surface area contributed by atoms with Crippen LogP contribution in [0, 0.1) is 18.7 Å². The first kappa shape index (κ1) is 27.4. The van der Waals surface area contributed by atoms with Gasteiger partial charge in [0, 0.05) is 19.0 Å². The fourth-order valence-corrected chi connectivity index (χ4v) is 4.92. The van der Waals surface area contributed by atoms with Gasteiger partial charge < -0.3 is 25.1 Å². The summed E-state index contributed by atoms with van der Waals surface area (Å²) in [6.07, 6.45) is 4.28. The SMILES string of the molecule is COc1cc(CNC(=O)c2cc(C3=NOC([C@H]4CC[C@H](NC(=O)CN(C)C)CC4)C3)nc(C)n2)ccc1F. The van der Waals surface area contributed by atoms with Gasteiger partial charge in [-0.15, -0.1) is 0 Å². The third-order valence-corrected chi connectivity index (χ3v) is 6.85. The molecule has 1 aromatic carbocycles. The average molecular weight is 527 g/mol. The Morgan fingerprint density at radius 1 is 1.16 bits per heavy atom. The van der Waals surface area contributed by atoms with Crippen molar-refractivity contribution in [3.63, 3.8) is 0 Å². The minimum atomic E-state index is -0.462. The van der Waals surface area contributed by atoms with Crippen molar-refractivity contribution in [2.45, 2.75) is 57.7 Å². The minimum Gasteiger partial charge on any atom is -0.494 e. The van der Waals surface area contributed by atoms with E-state index in [4.69, 9.17) is 9.57 Å². The molecule has 1 atom stereocenters. The van der Waals surface area contributed by atoms with Crippen molar-refractivity contribution in [3.05, 3.63) is 52.9 Å². The Bertz CT molecular complexity index is 1200. The number of hydrogen-bond donors (Lipinski definition) is 2. The number of nitrogens with one attached hydrogen (secondary N) is 2. The maximum Gasteiger partial charge on any atom is 0.270 e. The molecule has 38 heavy (non-hydrogen) atoms. The summed E-state index contributed by atoms with van der Waals surface area (Å²) < 4.78 is 18.6. The number of oxime groups is 1. The highest BCUT2D eigenvalue weighted by Crippen LogP contribution is 2.33. The van der Waals surface area contributed by atoms with Gasteiger partial charge in [0.15, 0.2) is 11.6 Å². The van der Waals surface area contributed by atoms with E-state index in [0.717, 1.165) is 25.7 Å². The molecule has 0 spiro atoms. The molecule has 0 radical (unpaired) electrons. The van der Waals surface area contributed by atoms with E-state index in [1.165, 1.54) is 13.2 Å². The number of rotatable bonds is 9. The molecule has 2 heterocycles. The first-order chi connectivity index (χ1) is 18.2. The van der Waals surface area contributed by atoms with Crippen molar-refractivity contribution in [2.24, 2.45) is 11.1 Å². The van der Waals surface area contributed by atoms with Gasteiger partial charge >= 0.3 is 0 Å². The molecule has 4 rings (SSSR count). The lowest BCUT2D eigenvalue weighted by atomic mass is 9.81. The maximum atomic E-state index is 13.6. The Morgan fingerprint density at radius 2 is 1.92 bits per heavy atom. The van der Waals surface area contributed by atoms with E-state index in [0.29, 0.717) is 41.7 Å². The lowest BCUT2D eigenvalue weighted by Crippen LogP contribution is -2.42. The van der Waals surface area contributed by atoms with Gasteiger partial charge in [0.05, 0.1) is 19.3 Å². The van der Waals surface area contributed by atoms with Crippen LogP contribution in [-0.2, 0) is 16.2 Å². The van der Waals surface area contributed by atoms with E-state index in [-0.39, 0.29) is 41.9 Å². The number of carbonyl (C=O) groups excluding carboxylic acids is 2. The molecule has 1 saturated carbocycles. The third-order valence-electron chi connectivity index (χ3n) is 6.85. The number of benzene rings is 1. The van der Waals surface area contributed by atoms with Crippen LogP contribution in [-0.4, -0.2) is 72.3 Å². The van der Waals surface area contributed by atoms with Crippen LogP contribution in [0.2, 0.25) is 0 Å². The predicted octanol–water partition coefficient (Wildman–Crippen LogP) is 2.59. The summed E-state index contributed by atoms with van der Waals surface area (Å²) >= 11 is 0. The molecule has 204 valence electrons. The standard InChI is InChI=1S/C27H35FN6O4/c1-16-30-21(12-23(31-16)27(36)29-14-17-5-10-20(28)25(11-17)37-4)22-13-24(38-33-22)18-6-8-19(9-7-18)32-26(35)15-34(2)3/h5,10-12,18-19,24H,6-9,13-15H2,1-4H3,(H,29,36)(H,32,35)/t18-,19-,24?. The van der Waals surface area contributed by atoms with E-state index < -0.39 is 5.82 Å². The minimum absolute atomic E-state index is 0.0515. The summed E-state index contributed by atoms with van der Waals surface area (Å²) in [7, 11) is 5.15. The molecule has 10 nitrogen and oxygen atoms in total. The van der Waals surface area contributed by atoms with E-state index in [9.17, 15) is 14.0 Å². The van der Waals surface area contributed by atoms with E-state index in [1.54, 1.807) is 25.1 Å². The van der Waals surface area contributed by atoms with E-state index in [1.807, 2.05) is 19.0 Å². The lowest BCUT2D eigenvalue weighted by Gasteiger charge is -2.31. The summed E-state index contributed by atoms with van der Waals surface area (Å²) in [5, 5.41) is 10.2. The molecule has 1 unspecified atom stereocenters. The number of aromatic nitrogens is 2. The molecule has 2 amide bonds. The number of carbonyl (C=O) groups is 2. The number of aryl methyl sites for hydroxylation is 1. The smallest absolute Gasteiger partial charge is 0.270 e.